The Morgan fingerprint density at radius 3 is 2.52 bits per heavy atom. The second-order valence-corrected chi connectivity index (χ2v) is 9.94. The fourth-order valence-electron chi connectivity index (χ4n) is 4.61. The Morgan fingerprint density at radius 1 is 0.909 bits per heavy atom. The molecule has 4 rings (SSSR count). The van der Waals surface area contributed by atoms with Gasteiger partial charge in [-0.3, -0.25) is 0 Å². The number of benzene rings is 3. The summed E-state index contributed by atoms with van der Waals surface area (Å²) in [4.78, 5) is 1.28. The van der Waals surface area contributed by atoms with E-state index in [0.717, 1.165) is 24.2 Å². The van der Waals surface area contributed by atoms with Crippen molar-refractivity contribution < 1.29 is 9.15 Å². The second-order valence-electron chi connectivity index (χ2n) is 9.10. The van der Waals surface area contributed by atoms with Crippen molar-refractivity contribution in [3.63, 3.8) is 0 Å². The van der Waals surface area contributed by atoms with Crippen LogP contribution in [0.25, 0.3) is 11.0 Å². The first-order valence-corrected chi connectivity index (χ1v) is 13.1. The van der Waals surface area contributed by atoms with Crippen molar-refractivity contribution >= 4 is 22.7 Å². The summed E-state index contributed by atoms with van der Waals surface area (Å²) in [6.45, 7) is 9.57. The maximum atomic E-state index is 6.22. The average molecular weight is 459 g/mol. The van der Waals surface area contributed by atoms with Crippen LogP contribution in [0.3, 0.4) is 0 Å². The highest BCUT2D eigenvalue weighted by molar-refractivity contribution is 7.98. The fraction of sp³-hybridized carbons (Fsp3) is 0.333. The first-order chi connectivity index (χ1) is 16.0. The summed E-state index contributed by atoms with van der Waals surface area (Å²) in [6.07, 6.45) is 5.92. The van der Waals surface area contributed by atoms with E-state index >= 15 is 0 Å². The number of rotatable bonds is 9. The Kier molecular flexibility index (Phi) is 7.49. The number of furan rings is 1. The molecule has 0 N–H and O–H groups in total. The molecule has 0 radical (unpaired) electrons. The molecule has 2 nitrogen and oxygen atoms in total. The largest absolute Gasteiger partial charge is 0.489 e. The van der Waals surface area contributed by atoms with Crippen LogP contribution in [0.4, 0.5) is 0 Å². The van der Waals surface area contributed by atoms with E-state index in [1.54, 1.807) is 18.0 Å². The number of hydrogen-bond acceptors (Lipinski definition) is 3. The van der Waals surface area contributed by atoms with Gasteiger partial charge in [-0.05, 0) is 77.5 Å². The molecule has 0 bridgehead atoms. The van der Waals surface area contributed by atoms with Crippen LogP contribution in [0, 0.1) is 0 Å². The minimum Gasteiger partial charge on any atom is -0.489 e. The molecule has 1 aromatic heterocycles. The van der Waals surface area contributed by atoms with Gasteiger partial charge in [0.05, 0.1) is 6.26 Å². The molecule has 1 unspecified atom stereocenters. The molecule has 172 valence electrons. The van der Waals surface area contributed by atoms with Gasteiger partial charge in [0.15, 0.2) is 0 Å². The lowest BCUT2D eigenvalue weighted by atomic mass is 9.92. The molecule has 3 aromatic carbocycles. The van der Waals surface area contributed by atoms with E-state index in [0.29, 0.717) is 18.4 Å². The summed E-state index contributed by atoms with van der Waals surface area (Å²) < 4.78 is 12.0. The van der Waals surface area contributed by atoms with Crippen LogP contribution in [0.5, 0.6) is 5.75 Å². The predicted molar refractivity (Wildman–Crippen MR) is 141 cm³/mol. The molecule has 3 heteroatoms. The molecule has 33 heavy (non-hydrogen) atoms. The standard InChI is InChI=1S/C30H34O2S/c1-6-23-18-26(12-13-27(23)20(2)3)32-19-25-11-10-22(17-29(25)33-5)16-21(4)28-9-7-8-24-14-15-31-30(24)28/h7-15,17-18,20-21H,6,16,19H2,1-5H3. The summed E-state index contributed by atoms with van der Waals surface area (Å²) in [7, 11) is 0. The van der Waals surface area contributed by atoms with Crippen molar-refractivity contribution in [2.24, 2.45) is 0 Å². The molecule has 1 atom stereocenters. The first-order valence-electron chi connectivity index (χ1n) is 11.9. The monoisotopic (exact) mass is 458 g/mol. The van der Waals surface area contributed by atoms with E-state index in [1.807, 2.05) is 6.07 Å². The second kappa shape index (κ2) is 10.5. The van der Waals surface area contributed by atoms with Crippen molar-refractivity contribution in [3.05, 3.63) is 94.7 Å². The molecule has 0 spiro atoms. The molecular weight excluding hydrogens is 424 g/mol. The molecule has 0 saturated heterocycles. The molecule has 0 saturated carbocycles. The maximum Gasteiger partial charge on any atom is 0.137 e. The van der Waals surface area contributed by atoms with Crippen molar-refractivity contribution in [1.82, 2.24) is 0 Å². The lowest BCUT2D eigenvalue weighted by Crippen LogP contribution is -2.02. The smallest absolute Gasteiger partial charge is 0.137 e. The Balaban J connectivity index is 1.47. The van der Waals surface area contributed by atoms with E-state index < -0.39 is 0 Å². The van der Waals surface area contributed by atoms with Gasteiger partial charge in [0.2, 0.25) is 0 Å². The lowest BCUT2D eigenvalue weighted by Gasteiger charge is -2.16. The van der Waals surface area contributed by atoms with E-state index in [2.05, 4.69) is 88.5 Å². The molecule has 0 amide bonds. The first kappa shape index (κ1) is 23.5. The zero-order valence-electron chi connectivity index (χ0n) is 20.4. The van der Waals surface area contributed by atoms with E-state index in [1.165, 1.54) is 38.1 Å². The molecule has 0 fully saturated rings. The van der Waals surface area contributed by atoms with Crippen LogP contribution >= 0.6 is 11.8 Å². The number of ether oxygens (including phenoxy) is 1. The van der Waals surface area contributed by atoms with Crippen molar-refractivity contribution in [2.75, 3.05) is 6.26 Å². The van der Waals surface area contributed by atoms with Gasteiger partial charge in [-0.2, -0.15) is 0 Å². The molecule has 4 aromatic rings. The molecular formula is C30H34O2S. The predicted octanol–water partition coefficient (Wildman–Crippen LogP) is 8.77. The highest BCUT2D eigenvalue weighted by atomic mass is 32.2. The van der Waals surface area contributed by atoms with Crippen LogP contribution in [-0.2, 0) is 19.4 Å². The van der Waals surface area contributed by atoms with Crippen LogP contribution in [-0.4, -0.2) is 6.26 Å². The van der Waals surface area contributed by atoms with Gasteiger partial charge >= 0.3 is 0 Å². The van der Waals surface area contributed by atoms with Gasteiger partial charge in [0, 0.05) is 15.8 Å². The minimum absolute atomic E-state index is 0.378. The van der Waals surface area contributed by atoms with Crippen molar-refractivity contribution in [1.29, 1.82) is 0 Å². The van der Waals surface area contributed by atoms with E-state index in [9.17, 15) is 0 Å². The van der Waals surface area contributed by atoms with Crippen LogP contribution in [0.1, 0.15) is 67.3 Å². The fourth-order valence-corrected chi connectivity index (χ4v) is 5.26. The van der Waals surface area contributed by atoms with Crippen LogP contribution in [0.2, 0.25) is 0 Å². The average Bonchev–Trinajstić information content (AvgIpc) is 3.31. The molecule has 0 aliphatic rings. The maximum absolute atomic E-state index is 6.22. The van der Waals surface area contributed by atoms with Gasteiger partial charge < -0.3 is 9.15 Å². The Morgan fingerprint density at radius 2 is 1.76 bits per heavy atom. The van der Waals surface area contributed by atoms with E-state index in [-0.39, 0.29) is 0 Å². The SMILES string of the molecule is CCc1cc(OCc2ccc(CC(C)c3cccc4ccoc34)cc2SC)ccc1C(C)C. The summed E-state index contributed by atoms with van der Waals surface area (Å²) in [6, 6.07) is 21.8. The third kappa shape index (κ3) is 5.30. The van der Waals surface area contributed by atoms with Gasteiger partial charge in [-0.1, -0.05) is 64.1 Å². The summed E-state index contributed by atoms with van der Waals surface area (Å²) in [5.74, 6) is 1.86. The summed E-state index contributed by atoms with van der Waals surface area (Å²) >= 11 is 1.79. The Labute approximate surface area is 202 Å². The normalized spacial score (nSPS) is 12.4. The van der Waals surface area contributed by atoms with Crippen LogP contribution < -0.4 is 4.74 Å². The number of fused-ring (bicyclic) bond motifs is 1. The van der Waals surface area contributed by atoms with Gasteiger partial charge in [-0.25, -0.2) is 0 Å². The highest BCUT2D eigenvalue weighted by Gasteiger charge is 2.14. The van der Waals surface area contributed by atoms with Crippen molar-refractivity contribution in [3.8, 4) is 5.75 Å². The number of para-hydroxylation sites is 1. The van der Waals surface area contributed by atoms with E-state index in [4.69, 9.17) is 9.15 Å². The van der Waals surface area contributed by atoms with Crippen molar-refractivity contribution in [2.45, 2.75) is 63.9 Å². The number of thioether (sulfide) groups is 1. The summed E-state index contributed by atoms with van der Waals surface area (Å²) in [5, 5.41) is 1.17. The molecule has 0 aliphatic heterocycles. The van der Waals surface area contributed by atoms with Gasteiger partial charge in [0.25, 0.3) is 0 Å². The lowest BCUT2D eigenvalue weighted by molar-refractivity contribution is 0.303. The quantitative estimate of drug-likeness (QED) is 0.234. The third-order valence-corrected chi connectivity index (χ3v) is 7.27. The molecule has 1 heterocycles. The minimum atomic E-state index is 0.378. The van der Waals surface area contributed by atoms with Crippen LogP contribution in [0.15, 0.2) is 76.2 Å². The number of hydrogen-bond donors (Lipinski definition) is 0. The Bertz CT molecular complexity index is 1220. The van der Waals surface area contributed by atoms with Gasteiger partial charge in [0.1, 0.15) is 17.9 Å². The highest BCUT2D eigenvalue weighted by Crippen LogP contribution is 2.31. The summed E-state index contributed by atoms with van der Waals surface area (Å²) in [5.41, 5.74) is 7.65. The van der Waals surface area contributed by atoms with Gasteiger partial charge in [-0.15, -0.1) is 11.8 Å². The topological polar surface area (TPSA) is 22.4 Å². The third-order valence-electron chi connectivity index (χ3n) is 6.45. The Hall–Kier alpha value is -2.65. The zero-order chi connectivity index (χ0) is 23.4. The molecule has 0 aliphatic carbocycles. The number of aryl methyl sites for hydroxylation is 1. The zero-order valence-corrected chi connectivity index (χ0v) is 21.2.